The summed E-state index contributed by atoms with van der Waals surface area (Å²) in [4.78, 5) is 11.5. The lowest BCUT2D eigenvalue weighted by atomic mass is 10.1. The van der Waals surface area contributed by atoms with Crippen molar-refractivity contribution in [1.82, 2.24) is 4.57 Å². The molecule has 2 aromatic rings. The lowest BCUT2D eigenvalue weighted by molar-refractivity contribution is -0.0884. The summed E-state index contributed by atoms with van der Waals surface area (Å²) in [5, 5.41) is 0.311. The number of halogens is 4. The van der Waals surface area contributed by atoms with Gasteiger partial charge in [-0.3, -0.25) is 4.79 Å². The van der Waals surface area contributed by atoms with Gasteiger partial charge in [-0.05, 0) is 32.0 Å². The molecule has 0 N–H and O–H groups in total. The van der Waals surface area contributed by atoms with Crippen molar-refractivity contribution in [3.63, 3.8) is 0 Å². The van der Waals surface area contributed by atoms with Gasteiger partial charge in [0.05, 0.1) is 5.56 Å². The second-order valence-corrected chi connectivity index (χ2v) is 5.45. The van der Waals surface area contributed by atoms with E-state index in [1.807, 2.05) is 13.8 Å². The number of nitrogens with zero attached hydrogens (tertiary/aromatic N) is 1. The van der Waals surface area contributed by atoms with Crippen LogP contribution >= 0.6 is 15.9 Å². The highest BCUT2D eigenvalue weighted by molar-refractivity contribution is 9.10. The molecule has 102 valence electrons. The van der Waals surface area contributed by atoms with Crippen molar-refractivity contribution in [1.29, 1.82) is 0 Å². The van der Waals surface area contributed by atoms with Gasteiger partial charge < -0.3 is 4.57 Å². The maximum atomic E-state index is 12.6. The van der Waals surface area contributed by atoms with Crippen molar-refractivity contribution in [2.24, 2.45) is 0 Å². The van der Waals surface area contributed by atoms with E-state index in [-0.39, 0.29) is 11.6 Å². The monoisotopic (exact) mass is 333 g/mol. The van der Waals surface area contributed by atoms with Crippen LogP contribution in [0.15, 0.2) is 28.9 Å². The second-order valence-electron chi connectivity index (χ2n) is 4.53. The van der Waals surface area contributed by atoms with E-state index in [0.717, 1.165) is 0 Å². The second kappa shape index (κ2) is 4.67. The Morgan fingerprint density at radius 2 is 1.95 bits per heavy atom. The fourth-order valence-corrected chi connectivity index (χ4v) is 2.35. The first-order valence-electron chi connectivity index (χ1n) is 5.63. The summed E-state index contributed by atoms with van der Waals surface area (Å²) in [5.41, 5.74) is 0.309. The van der Waals surface area contributed by atoms with Crippen molar-refractivity contribution in [2.45, 2.75) is 26.1 Å². The maximum absolute atomic E-state index is 12.6. The van der Waals surface area contributed by atoms with Crippen LogP contribution in [0, 0.1) is 0 Å². The number of ketones is 1. The third-order valence-corrected chi connectivity index (χ3v) is 3.35. The number of aromatic nitrogens is 1. The Morgan fingerprint density at radius 3 is 2.47 bits per heavy atom. The zero-order valence-corrected chi connectivity index (χ0v) is 11.8. The quantitative estimate of drug-likeness (QED) is 0.728. The molecule has 2 rings (SSSR count). The Labute approximate surface area is 116 Å². The molecule has 0 radical (unpaired) electrons. The van der Waals surface area contributed by atoms with Crippen LogP contribution in [0.25, 0.3) is 10.9 Å². The van der Waals surface area contributed by atoms with Gasteiger partial charge in [-0.15, -0.1) is 0 Å². The SMILES string of the molecule is CC(C)n1cc(C(=O)C(F)(F)F)c2cc(Br)ccc21. The normalized spacial score (nSPS) is 12.4. The molecule has 0 aliphatic carbocycles. The smallest absolute Gasteiger partial charge is 0.344 e. The molecule has 0 saturated carbocycles. The molecule has 1 heterocycles. The first-order valence-corrected chi connectivity index (χ1v) is 6.42. The fraction of sp³-hybridized carbons (Fsp3) is 0.308. The van der Waals surface area contributed by atoms with Gasteiger partial charge in [0.25, 0.3) is 5.78 Å². The third-order valence-electron chi connectivity index (χ3n) is 2.85. The van der Waals surface area contributed by atoms with Crippen molar-refractivity contribution in [3.8, 4) is 0 Å². The standard InChI is InChI=1S/C13H11BrF3NO/c1-7(2)18-6-10(12(19)13(15,16)17)9-5-8(14)3-4-11(9)18/h3-7H,1-2H3. The number of benzene rings is 1. The number of alkyl halides is 3. The number of fused-ring (bicyclic) bond motifs is 1. The number of hydrogen-bond acceptors (Lipinski definition) is 1. The zero-order valence-electron chi connectivity index (χ0n) is 10.3. The highest BCUT2D eigenvalue weighted by atomic mass is 79.9. The van der Waals surface area contributed by atoms with Crippen molar-refractivity contribution in [2.75, 3.05) is 0 Å². The van der Waals surface area contributed by atoms with Crippen molar-refractivity contribution >= 4 is 32.6 Å². The van der Waals surface area contributed by atoms with Crippen LogP contribution < -0.4 is 0 Å². The molecule has 0 aliphatic rings. The van der Waals surface area contributed by atoms with Crippen LogP contribution in [0.5, 0.6) is 0 Å². The molecule has 0 aliphatic heterocycles. The predicted molar refractivity (Wildman–Crippen MR) is 70.4 cm³/mol. The predicted octanol–water partition coefficient (Wildman–Crippen LogP) is 4.73. The van der Waals surface area contributed by atoms with Gasteiger partial charge >= 0.3 is 6.18 Å². The highest BCUT2D eigenvalue weighted by Crippen LogP contribution is 2.31. The number of carbonyl (C=O) groups excluding carboxylic acids is 1. The molecule has 0 saturated heterocycles. The molecular weight excluding hydrogens is 323 g/mol. The zero-order chi connectivity index (χ0) is 14.4. The van der Waals surface area contributed by atoms with Crippen molar-refractivity contribution in [3.05, 3.63) is 34.4 Å². The summed E-state index contributed by atoms with van der Waals surface area (Å²) in [6.45, 7) is 3.70. The van der Waals surface area contributed by atoms with Gasteiger partial charge in [-0.2, -0.15) is 13.2 Å². The van der Waals surface area contributed by atoms with E-state index in [0.29, 0.717) is 15.4 Å². The van der Waals surface area contributed by atoms with Crippen molar-refractivity contribution < 1.29 is 18.0 Å². The van der Waals surface area contributed by atoms with E-state index >= 15 is 0 Å². The topological polar surface area (TPSA) is 22.0 Å². The van der Waals surface area contributed by atoms with Crippen LogP contribution in [0.4, 0.5) is 13.2 Å². The van der Waals surface area contributed by atoms with Crippen LogP contribution in [0.2, 0.25) is 0 Å². The molecule has 0 spiro atoms. The minimum absolute atomic E-state index is 0.0292. The molecule has 1 aromatic carbocycles. The number of rotatable bonds is 2. The summed E-state index contributed by atoms with van der Waals surface area (Å²) < 4.78 is 40.1. The Balaban J connectivity index is 2.74. The average molecular weight is 334 g/mol. The molecule has 6 heteroatoms. The van der Waals surface area contributed by atoms with Gasteiger partial charge in [0.15, 0.2) is 0 Å². The number of carbonyl (C=O) groups is 1. The fourth-order valence-electron chi connectivity index (χ4n) is 1.99. The van der Waals surface area contributed by atoms with E-state index in [2.05, 4.69) is 15.9 Å². The largest absolute Gasteiger partial charge is 0.454 e. The number of hydrogen-bond donors (Lipinski definition) is 0. The van der Waals surface area contributed by atoms with E-state index in [1.54, 1.807) is 16.7 Å². The van der Waals surface area contributed by atoms with Gasteiger partial charge in [-0.1, -0.05) is 15.9 Å². The summed E-state index contributed by atoms with van der Waals surface area (Å²) in [6.07, 6.45) is -3.59. The van der Waals surface area contributed by atoms with Crippen LogP contribution in [0.3, 0.4) is 0 Å². The molecule has 0 fully saturated rings. The van der Waals surface area contributed by atoms with Gasteiger partial charge in [-0.25, -0.2) is 0 Å². The first-order chi connectivity index (χ1) is 8.71. The van der Waals surface area contributed by atoms with Gasteiger partial charge in [0.2, 0.25) is 0 Å². The summed E-state index contributed by atoms with van der Waals surface area (Å²) in [5.74, 6) is -1.81. The van der Waals surface area contributed by atoms with E-state index < -0.39 is 12.0 Å². The van der Waals surface area contributed by atoms with Crippen LogP contribution in [0.1, 0.15) is 30.2 Å². The molecule has 19 heavy (non-hydrogen) atoms. The molecular formula is C13H11BrF3NO. The number of Topliss-reactive ketones (excluding diaryl/α,β-unsaturated/α-hetero) is 1. The lowest BCUT2D eigenvalue weighted by Gasteiger charge is -2.08. The molecule has 0 unspecified atom stereocenters. The Bertz CT molecular complexity index is 643. The minimum atomic E-state index is -4.86. The van der Waals surface area contributed by atoms with Crippen LogP contribution in [-0.4, -0.2) is 16.5 Å². The Morgan fingerprint density at radius 1 is 1.32 bits per heavy atom. The average Bonchev–Trinajstić information content (AvgIpc) is 2.65. The molecule has 0 atom stereocenters. The highest BCUT2D eigenvalue weighted by Gasteiger charge is 2.40. The molecule has 0 bridgehead atoms. The molecule has 2 nitrogen and oxygen atoms in total. The van der Waals surface area contributed by atoms with Crippen LogP contribution in [-0.2, 0) is 0 Å². The molecule has 1 aromatic heterocycles. The summed E-state index contributed by atoms with van der Waals surface area (Å²) >= 11 is 3.21. The summed E-state index contributed by atoms with van der Waals surface area (Å²) in [7, 11) is 0. The maximum Gasteiger partial charge on any atom is 0.454 e. The van der Waals surface area contributed by atoms with E-state index in [4.69, 9.17) is 0 Å². The van der Waals surface area contributed by atoms with E-state index in [9.17, 15) is 18.0 Å². The van der Waals surface area contributed by atoms with Gasteiger partial charge in [0.1, 0.15) is 0 Å². The Kier molecular flexibility index (Phi) is 3.47. The van der Waals surface area contributed by atoms with E-state index in [1.165, 1.54) is 12.3 Å². The van der Waals surface area contributed by atoms with Gasteiger partial charge in [0, 0.05) is 27.6 Å². The third kappa shape index (κ3) is 2.54. The Hall–Kier alpha value is -1.30. The lowest BCUT2D eigenvalue weighted by Crippen LogP contribution is -2.22. The summed E-state index contributed by atoms with van der Waals surface area (Å²) in [6, 6.07) is 4.95. The first kappa shape index (κ1) is 14.1. The molecule has 0 amide bonds. The minimum Gasteiger partial charge on any atom is -0.344 e.